The Morgan fingerprint density at radius 2 is 2.09 bits per heavy atom. The Kier molecular flexibility index (Phi) is 6.19. The number of nitrogens with zero attached hydrogens (tertiary/aromatic N) is 3. The molecule has 0 fully saturated rings. The molecular weight excluding hydrogens is 303 g/mol. The van der Waals surface area contributed by atoms with Gasteiger partial charge in [-0.1, -0.05) is 0 Å². The van der Waals surface area contributed by atoms with Crippen LogP contribution in [0.4, 0.5) is 4.39 Å². The summed E-state index contributed by atoms with van der Waals surface area (Å²) in [7, 11) is 0. The monoisotopic (exact) mass is 322 g/mol. The van der Waals surface area contributed by atoms with Crippen LogP contribution in [-0.2, 0) is 11.3 Å². The zero-order valence-corrected chi connectivity index (χ0v) is 12.8. The number of aliphatic hydroxyl groups excluding tert-OH is 1. The average molecular weight is 322 g/mol. The first-order chi connectivity index (χ1) is 11.2. The molecule has 1 amide bonds. The van der Waals surface area contributed by atoms with Crippen molar-refractivity contribution >= 4 is 5.91 Å². The summed E-state index contributed by atoms with van der Waals surface area (Å²) in [6.07, 6.45) is 0.681. The molecule has 0 aliphatic rings. The van der Waals surface area contributed by atoms with E-state index in [1.165, 1.54) is 29.1 Å². The number of aromatic nitrogens is 3. The van der Waals surface area contributed by atoms with Gasteiger partial charge in [0.05, 0.1) is 12.3 Å². The average Bonchev–Trinajstić information content (AvgIpc) is 2.99. The number of halogens is 1. The van der Waals surface area contributed by atoms with Crippen molar-refractivity contribution < 1.29 is 19.0 Å². The number of hydrogen-bond acceptors (Lipinski definition) is 5. The van der Waals surface area contributed by atoms with Crippen LogP contribution in [0.25, 0.3) is 5.69 Å². The second kappa shape index (κ2) is 8.35. The van der Waals surface area contributed by atoms with E-state index in [1.54, 1.807) is 0 Å². The van der Waals surface area contributed by atoms with Crippen LogP contribution >= 0.6 is 0 Å². The highest BCUT2D eigenvalue weighted by molar-refractivity contribution is 5.93. The van der Waals surface area contributed by atoms with Crippen molar-refractivity contribution in [2.45, 2.75) is 20.0 Å². The lowest BCUT2D eigenvalue weighted by Gasteiger charge is -2.03. The molecule has 0 unspecified atom stereocenters. The number of aliphatic hydroxyl groups is 1. The molecule has 124 valence electrons. The molecule has 2 N–H and O–H groups in total. The van der Waals surface area contributed by atoms with E-state index in [0.717, 1.165) is 0 Å². The molecule has 0 atom stereocenters. The minimum absolute atomic E-state index is 0.0493. The largest absolute Gasteiger partial charge is 0.390 e. The summed E-state index contributed by atoms with van der Waals surface area (Å²) in [6.45, 7) is 3.12. The molecule has 0 saturated heterocycles. The Bertz CT molecular complexity index is 643. The zero-order valence-electron chi connectivity index (χ0n) is 12.8. The number of rotatable bonds is 8. The van der Waals surface area contributed by atoms with E-state index < -0.39 is 12.5 Å². The van der Waals surface area contributed by atoms with Gasteiger partial charge >= 0.3 is 0 Å². The fourth-order valence-electron chi connectivity index (χ4n) is 1.91. The van der Waals surface area contributed by atoms with Gasteiger partial charge < -0.3 is 15.2 Å². The summed E-state index contributed by atoms with van der Waals surface area (Å²) in [6, 6.07) is 5.51. The van der Waals surface area contributed by atoms with Gasteiger partial charge in [-0.3, -0.25) is 4.79 Å². The number of carbonyl (C=O) groups is 1. The maximum Gasteiger partial charge on any atom is 0.273 e. The standard InChI is InChI=1S/C15H19FN4O3/c1-2-23-9-3-8-17-15(22)14-13(10-21)18-20(19-14)12-6-4-11(16)5-7-12/h4-7,21H,2-3,8-10H2,1H3,(H,17,22). The second-order valence-corrected chi connectivity index (χ2v) is 4.73. The maximum atomic E-state index is 12.9. The molecular formula is C15H19FN4O3. The first-order valence-corrected chi connectivity index (χ1v) is 7.34. The van der Waals surface area contributed by atoms with Gasteiger partial charge in [0.2, 0.25) is 0 Å². The van der Waals surface area contributed by atoms with Crippen LogP contribution in [0.15, 0.2) is 24.3 Å². The summed E-state index contributed by atoms with van der Waals surface area (Å²) >= 11 is 0. The van der Waals surface area contributed by atoms with E-state index in [2.05, 4.69) is 15.5 Å². The third-order valence-corrected chi connectivity index (χ3v) is 3.06. The van der Waals surface area contributed by atoms with Gasteiger partial charge in [0, 0.05) is 19.8 Å². The SMILES string of the molecule is CCOCCCNC(=O)c1nn(-c2ccc(F)cc2)nc1CO. The van der Waals surface area contributed by atoms with Crippen LogP contribution in [0.2, 0.25) is 0 Å². The first-order valence-electron chi connectivity index (χ1n) is 7.34. The van der Waals surface area contributed by atoms with E-state index in [1.807, 2.05) is 6.92 Å². The molecule has 1 heterocycles. The van der Waals surface area contributed by atoms with Gasteiger partial charge in [0.15, 0.2) is 5.69 Å². The lowest BCUT2D eigenvalue weighted by Crippen LogP contribution is -2.26. The topological polar surface area (TPSA) is 89.3 Å². The van der Waals surface area contributed by atoms with Gasteiger partial charge in [-0.25, -0.2) is 4.39 Å². The molecule has 0 saturated carbocycles. The predicted molar refractivity (Wildman–Crippen MR) is 80.7 cm³/mol. The third kappa shape index (κ3) is 4.57. The lowest BCUT2D eigenvalue weighted by molar-refractivity contribution is 0.0935. The van der Waals surface area contributed by atoms with Gasteiger partial charge in [-0.15, -0.1) is 10.2 Å². The fraction of sp³-hybridized carbons (Fsp3) is 0.400. The molecule has 1 aromatic heterocycles. The summed E-state index contributed by atoms with van der Waals surface area (Å²) in [5.74, 6) is -0.797. The molecule has 0 aliphatic heterocycles. The third-order valence-electron chi connectivity index (χ3n) is 3.06. The van der Waals surface area contributed by atoms with E-state index in [-0.39, 0.29) is 17.2 Å². The van der Waals surface area contributed by atoms with E-state index in [4.69, 9.17) is 4.74 Å². The smallest absolute Gasteiger partial charge is 0.273 e. The van der Waals surface area contributed by atoms with E-state index >= 15 is 0 Å². The van der Waals surface area contributed by atoms with Crippen molar-refractivity contribution in [3.63, 3.8) is 0 Å². The second-order valence-electron chi connectivity index (χ2n) is 4.73. The highest BCUT2D eigenvalue weighted by Crippen LogP contribution is 2.10. The maximum absolute atomic E-state index is 12.9. The van der Waals surface area contributed by atoms with Gasteiger partial charge in [-0.05, 0) is 37.6 Å². The van der Waals surface area contributed by atoms with Crippen molar-refractivity contribution in [1.82, 2.24) is 20.3 Å². The Labute approximate surface area is 133 Å². The van der Waals surface area contributed by atoms with Crippen molar-refractivity contribution in [1.29, 1.82) is 0 Å². The van der Waals surface area contributed by atoms with E-state index in [9.17, 15) is 14.3 Å². The van der Waals surface area contributed by atoms with E-state index in [0.29, 0.717) is 31.9 Å². The molecule has 7 nitrogen and oxygen atoms in total. The molecule has 2 aromatic rings. The minimum Gasteiger partial charge on any atom is -0.390 e. The molecule has 0 spiro atoms. The number of hydrogen-bond donors (Lipinski definition) is 2. The minimum atomic E-state index is -0.418. The van der Waals surface area contributed by atoms with Gasteiger partial charge in [0.1, 0.15) is 11.5 Å². The van der Waals surface area contributed by atoms with Crippen molar-refractivity contribution in [3.8, 4) is 5.69 Å². The molecule has 1 aromatic carbocycles. The van der Waals surface area contributed by atoms with Gasteiger partial charge in [0.25, 0.3) is 5.91 Å². The summed E-state index contributed by atoms with van der Waals surface area (Å²) in [4.78, 5) is 13.3. The quantitative estimate of drug-likeness (QED) is 0.709. The summed E-state index contributed by atoms with van der Waals surface area (Å²) in [5.41, 5.74) is 0.710. The molecule has 23 heavy (non-hydrogen) atoms. The van der Waals surface area contributed by atoms with Gasteiger partial charge in [-0.2, -0.15) is 4.80 Å². The fourth-order valence-corrected chi connectivity index (χ4v) is 1.91. The van der Waals surface area contributed by atoms with Crippen LogP contribution in [0.5, 0.6) is 0 Å². The Morgan fingerprint density at radius 1 is 1.35 bits per heavy atom. The molecule has 0 bridgehead atoms. The van der Waals surface area contributed by atoms with Crippen molar-refractivity contribution in [2.24, 2.45) is 0 Å². The van der Waals surface area contributed by atoms with Crippen molar-refractivity contribution in [2.75, 3.05) is 19.8 Å². The predicted octanol–water partition coefficient (Wildman–Crippen LogP) is 1.06. The number of carbonyl (C=O) groups excluding carboxylic acids is 1. The van der Waals surface area contributed by atoms with Crippen molar-refractivity contribution in [3.05, 3.63) is 41.5 Å². The van der Waals surface area contributed by atoms with Crippen LogP contribution < -0.4 is 5.32 Å². The Hall–Kier alpha value is -2.32. The number of benzene rings is 1. The van der Waals surface area contributed by atoms with Crippen LogP contribution in [0, 0.1) is 5.82 Å². The lowest BCUT2D eigenvalue weighted by atomic mass is 10.3. The first kappa shape index (κ1) is 17.0. The number of amides is 1. The Morgan fingerprint density at radius 3 is 2.74 bits per heavy atom. The van der Waals surface area contributed by atoms with Crippen LogP contribution in [-0.4, -0.2) is 45.8 Å². The highest BCUT2D eigenvalue weighted by Gasteiger charge is 2.18. The normalized spacial score (nSPS) is 10.7. The molecule has 2 rings (SSSR count). The number of nitrogens with one attached hydrogen (secondary N) is 1. The van der Waals surface area contributed by atoms with Crippen LogP contribution in [0.3, 0.4) is 0 Å². The summed E-state index contributed by atoms with van der Waals surface area (Å²) in [5, 5.41) is 20.2. The molecule has 0 radical (unpaired) electrons. The number of ether oxygens (including phenoxy) is 1. The zero-order chi connectivity index (χ0) is 16.7. The molecule has 0 aliphatic carbocycles. The Balaban J connectivity index is 2.06. The van der Waals surface area contributed by atoms with Crippen LogP contribution in [0.1, 0.15) is 29.5 Å². The molecule has 8 heteroatoms. The summed E-state index contributed by atoms with van der Waals surface area (Å²) < 4.78 is 18.1. The highest BCUT2D eigenvalue weighted by atomic mass is 19.1.